The molecule has 0 saturated heterocycles. The number of hydrogen-bond donors (Lipinski definition) is 1. The van der Waals surface area contributed by atoms with Gasteiger partial charge in [-0.2, -0.15) is 5.10 Å². The van der Waals surface area contributed by atoms with Gasteiger partial charge in [0, 0.05) is 23.7 Å². The highest BCUT2D eigenvalue weighted by atomic mass is 19.1. The van der Waals surface area contributed by atoms with E-state index in [1.54, 1.807) is 49.6 Å². The van der Waals surface area contributed by atoms with Crippen LogP contribution in [0.2, 0.25) is 0 Å². The molecule has 1 aliphatic rings. The van der Waals surface area contributed by atoms with E-state index >= 15 is 4.39 Å². The van der Waals surface area contributed by atoms with E-state index in [2.05, 4.69) is 10.4 Å². The predicted molar refractivity (Wildman–Crippen MR) is 141 cm³/mol. The Balaban J connectivity index is 1.55. The van der Waals surface area contributed by atoms with Gasteiger partial charge in [0.05, 0.1) is 32.1 Å². The Morgan fingerprint density at radius 2 is 1.77 bits per heavy atom. The molecule has 0 bridgehead atoms. The average Bonchev–Trinajstić information content (AvgIpc) is 3.37. The molecule has 39 heavy (non-hydrogen) atoms. The molecule has 0 spiro atoms. The van der Waals surface area contributed by atoms with Crippen molar-refractivity contribution in [2.24, 2.45) is 0 Å². The van der Waals surface area contributed by atoms with Crippen molar-refractivity contribution in [2.45, 2.75) is 25.6 Å². The quantitative estimate of drug-likeness (QED) is 0.377. The van der Waals surface area contributed by atoms with Crippen molar-refractivity contribution in [1.82, 2.24) is 15.1 Å². The van der Waals surface area contributed by atoms with Crippen LogP contribution in [-0.4, -0.2) is 41.4 Å². The number of amides is 2. The van der Waals surface area contributed by atoms with Gasteiger partial charge in [-0.1, -0.05) is 18.2 Å². The fraction of sp³-hybridized carbons (Fsp3) is 0.207. The number of nitrogens with one attached hydrogen (secondary N) is 1. The van der Waals surface area contributed by atoms with Crippen LogP contribution < -0.4 is 19.7 Å². The first-order valence-electron chi connectivity index (χ1n) is 12.2. The number of carbonyl (C=O) groups excluding carboxylic acids is 2. The van der Waals surface area contributed by atoms with Crippen LogP contribution in [-0.2, 0) is 17.9 Å². The van der Waals surface area contributed by atoms with Gasteiger partial charge in [-0.3, -0.25) is 19.2 Å². The summed E-state index contributed by atoms with van der Waals surface area (Å²) in [7, 11) is 3.09. The van der Waals surface area contributed by atoms with Crippen molar-refractivity contribution in [2.75, 3.05) is 19.1 Å². The molecule has 1 atom stereocenters. The molecule has 3 aromatic carbocycles. The topological polar surface area (TPSA) is 85.7 Å². The molecular weight excluding hydrogens is 506 g/mol. The molecule has 8 nitrogen and oxygen atoms in total. The summed E-state index contributed by atoms with van der Waals surface area (Å²) in [4.78, 5) is 28.7. The van der Waals surface area contributed by atoms with E-state index in [-0.39, 0.29) is 24.5 Å². The van der Waals surface area contributed by atoms with Gasteiger partial charge in [0.2, 0.25) is 5.91 Å². The lowest BCUT2D eigenvalue weighted by Crippen LogP contribution is -2.64. The number of anilines is 1. The lowest BCUT2D eigenvalue weighted by atomic mass is 9.93. The molecule has 10 heteroatoms. The number of methoxy groups -OCH3 is 2. The maximum Gasteiger partial charge on any atom is 0.277 e. The first-order chi connectivity index (χ1) is 18.7. The second-order valence-corrected chi connectivity index (χ2v) is 9.31. The zero-order chi connectivity index (χ0) is 27.7. The second kappa shape index (κ2) is 10.2. The van der Waals surface area contributed by atoms with E-state index in [4.69, 9.17) is 9.47 Å². The van der Waals surface area contributed by atoms with E-state index in [1.807, 2.05) is 12.1 Å². The van der Waals surface area contributed by atoms with Gasteiger partial charge in [0.25, 0.3) is 5.91 Å². The Hall–Kier alpha value is -4.73. The molecule has 4 aromatic rings. The molecule has 1 aromatic heterocycles. The van der Waals surface area contributed by atoms with Gasteiger partial charge < -0.3 is 14.8 Å². The van der Waals surface area contributed by atoms with Crippen LogP contribution >= 0.6 is 0 Å². The van der Waals surface area contributed by atoms with Gasteiger partial charge in [0.1, 0.15) is 34.4 Å². The fourth-order valence-electron chi connectivity index (χ4n) is 4.74. The van der Waals surface area contributed by atoms with Gasteiger partial charge >= 0.3 is 0 Å². The summed E-state index contributed by atoms with van der Waals surface area (Å²) in [6.45, 7) is 1.57. The molecule has 2 amide bonds. The van der Waals surface area contributed by atoms with Crippen LogP contribution in [0.15, 0.2) is 72.8 Å². The summed E-state index contributed by atoms with van der Waals surface area (Å²) >= 11 is 0. The molecule has 1 aliphatic heterocycles. The Bertz CT molecular complexity index is 1550. The Labute approximate surface area is 223 Å². The monoisotopic (exact) mass is 532 g/mol. The normalized spacial score (nSPS) is 16.5. The van der Waals surface area contributed by atoms with E-state index in [1.165, 1.54) is 18.7 Å². The van der Waals surface area contributed by atoms with E-state index in [0.717, 1.165) is 28.2 Å². The van der Waals surface area contributed by atoms with Crippen LogP contribution in [0.5, 0.6) is 11.5 Å². The molecule has 1 unspecified atom stereocenters. The van der Waals surface area contributed by atoms with Gasteiger partial charge in [-0.15, -0.1) is 0 Å². The number of benzene rings is 3. The summed E-state index contributed by atoms with van der Waals surface area (Å²) in [5.41, 5.74) is 0.301. The van der Waals surface area contributed by atoms with E-state index in [0.29, 0.717) is 23.3 Å². The van der Waals surface area contributed by atoms with Crippen LogP contribution in [0.3, 0.4) is 0 Å². The highest BCUT2D eigenvalue weighted by Gasteiger charge is 2.49. The van der Waals surface area contributed by atoms with Crippen LogP contribution in [0, 0.1) is 11.6 Å². The smallest absolute Gasteiger partial charge is 0.277 e. The van der Waals surface area contributed by atoms with Crippen molar-refractivity contribution in [3.05, 3.63) is 95.7 Å². The Kier molecular flexibility index (Phi) is 6.78. The molecule has 0 radical (unpaired) electrons. The number of aromatic nitrogens is 2. The number of halogens is 2. The minimum atomic E-state index is -1.60. The van der Waals surface area contributed by atoms with Gasteiger partial charge in [0.15, 0.2) is 0 Å². The summed E-state index contributed by atoms with van der Waals surface area (Å²) < 4.78 is 40.9. The predicted octanol–water partition coefficient (Wildman–Crippen LogP) is 4.58. The maximum absolute atomic E-state index is 15.1. The standard InChI is InChI=1S/C29H26F2N4O4/c1-29(28(37)32-16-19-6-4-5-7-26(19)39-3)17-34-25(15-23(33-34)18-8-11-21(38-2)12-9-18)27(36)35(29)24-13-10-20(30)14-22(24)31/h4-15H,16-17H2,1-3H3,(H,32,37). The Morgan fingerprint density at radius 3 is 2.46 bits per heavy atom. The largest absolute Gasteiger partial charge is 0.497 e. The lowest BCUT2D eigenvalue weighted by Gasteiger charge is -2.43. The molecule has 0 fully saturated rings. The van der Waals surface area contributed by atoms with Crippen LogP contribution in [0.4, 0.5) is 14.5 Å². The van der Waals surface area contributed by atoms with Crippen molar-refractivity contribution in [1.29, 1.82) is 0 Å². The fourth-order valence-corrected chi connectivity index (χ4v) is 4.74. The third kappa shape index (κ3) is 4.69. The average molecular weight is 533 g/mol. The highest BCUT2D eigenvalue weighted by Crippen LogP contribution is 2.36. The number of carbonyl (C=O) groups is 2. The summed E-state index contributed by atoms with van der Waals surface area (Å²) in [5, 5.41) is 7.44. The lowest BCUT2D eigenvalue weighted by molar-refractivity contribution is -0.126. The van der Waals surface area contributed by atoms with Crippen molar-refractivity contribution < 1.29 is 27.8 Å². The molecular formula is C29H26F2N4O4. The van der Waals surface area contributed by atoms with E-state index in [9.17, 15) is 14.0 Å². The first-order valence-corrected chi connectivity index (χ1v) is 12.2. The molecule has 2 heterocycles. The summed E-state index contributed by atoms with van der Waals surface area (Å²) in [5.74, 6) is -1.70. The molecule has 5 rings (SSSR count). The maximum atomic E-state index is 15.1. The zero-order valence-electron chi connectivity index (χ0n) is 21.6. The molecule has 200 valence electrons. The van der Waals surface area contributed by atoms with Crippen molar-refractivity contribution >= 4 is 17.5 Å². The summed E-state index contributed by atoms with van der Waals surface area (Å²) in [6, 6.07) is 18.8. The second-order valence-electron chi connectivity index (χ2n) is 9.31. The minimum Gasteiger partial charge on any atom is -0.497 e. The third-order valence-electron chi connectivity index (χ3n) is 6.81. The van der Waals surface area contributed by atoms with Gasteiger partial charge in [-0.25, -0.2) is 8.78 Å². The number of rotatable bonds is 7. The van der Waals surface area contributed by atoms with Crippen LogP contribution in [0.25, 0.3) is 11.3 Å². The molecule has 1 N–H and O–H groups in total. The number of hydrogen-bond acceptors (Lipinski definition) is 5. The van der Waals surface area contributed by atoms with Gasteiger partial charge in [-0.05, 0) is 55.5 Å². The Morgan fingerprint density at radius 1 is 1.03 bits per heavy atom. The SMILES string of the molecule is COc1ccc(-c2cc3n(n2)CC(C)(C(=O)NCc2ccccc2OC)N(c2ccc(F)cc2F)C3=O)cc1. The number of para-hydroxylation sites is 1. The van der Waals surface area contributed by atoms with Crippen molar-refractivity contribution in [3.63, 3.8) is 0 Å². The molecule has 0 saturated carbocycles. The van der Waals surface area contributed by atoms with E-state index < -0.39 is 29.0 Å². The third-order valence-corrected chi connectivity index (χ3v) is 6.81. The minimum absolute atomic E-state index is 0.0706. The van der Waals surface area contributed by atoms with Crippen molar-refractivity contribution in [3.8, 4) is 22.8 Å². The molecule has 0 aliphatic carbocycles. The number of fused-ring (bicyclic) bond motifs is 1. The summed E-state index contributed by atoms with van der Waals surface area (Å²) in [6.07, 6.45) is 0. The highest BCUT2D eigenvalue weighted by molar-refractivity contribution is 6.12. The number of nitrogens with zero attached hydrogens (tertiary/aromatic N) is 3. The zero-order valence-corrected chi connectivity index (χ0v) is 21.6. The van der Waals surface area contributed by atoms with Crippen LogP contribution in [0.1, 0.15) is 23.0 Å². The number of ether oxygens (including phenoxy) is 2. The first kappa shape index (κ1) is 25.9.